The van der Waals surface area contributed by atoms with Crippen LogP contribution in [0.15, 0.2) is 52.2 Å². The Kier molecular flexibility index (Phi) is 4.70. The van der Waals surface area contributed by atoms with Crippen molar-refractivity contribution in [2.24, 2.45) is 5.10 Å². The molecular weight excluding hydrogens is 274 g/mol. The Morgan fingerprint density at radius 2 is 1.95 bits per heavy atom. The van der Waals surface area contributed by atoms with Crippen LogP contribution >= 0.6 is 0 Å². The smallest absolute Gasteiger partial charge is 0.329 e. The lowest BCUT2D eigenvalue weighted by atomic mass is 10.3. The van der Waals surface area contributed by atoms with E-state index in [1.807, 2.05) is 0 Å². The minimum atomic E-state index is -0.881. The molecule has 2 aromatic rings. The second kappa shape index (κ2) is 6.90. The number of carbonyl (C=O) groups is 2. The van der Waals surface area contributed by atoms with Gasteiger partial charge in [0.15, 0.2) is 0 Å². The number of benzene rings is 1. The molecule has 0 spiro atoms. The van der Waals surface area contributed by atoms with Gasteiger partial charge in [0, 0.05) is 5.69 Å². The summed E-state index contributed by atoms with van der Waals surface area (Å²) < 4.78 is 9.97. The van der Waals surface area contributed by atoms with E-state index in [2.05, 4.69) is 15.8 Å². The summed E-state index contributed by atoms with van der Waals surface area (Å²) in [6.07, 6.45) is 2.76. The molecule has 0 aliphatic rings. The third kappa shape index (κ3) is 4.20. The van der Waals surface area contributed by atoms with Gasteiger partial charge in [-0.15, -0.1) is 0 Å². The fourth-order valence-corrected chi connectivity index (χ4v) is 1.43. The average molecular weight is 287 g/mol. The van der Waals surface area contributed by atoms with E-state index < -0.39 is 11.8 Å². The third-order valence-electron chi connectivity index (χ3n) is 2.46. The van der Waals surface area contributed by atoms with Crippen LogP contribution in [0, 0.1) is 0 Å². The van der Waals surface area contributed by atoms with Crippen molar-refractivity contribution in [3.63, 3.8) is 0 Å². The van der Waals surface area contributed by atoms with Crippen LogP contribution in [-0.4, -0.2) is 25.1 Å². The number of hydrazone groups is 1. The molecule has 2 amide bonds. The number of hydrogen-bond acceptors (Lipinski definition) is 5. The Labute approximate surface area is 120 Å². The molecule has 0 aliphatic carbocycles. The lowest BCUT2D eigenvalue weighted by Crippen LogP contribution is -2.32. The predicted octanol–water partition coefficient (Wildman–Crippen LogP) is 1.38. The summed E-state index contributed by atoms with van der Waals surface area (Å²) in [5.74, 6) is -0.586. The molecule has 0 fully saturated rings. The molecule has 0 radical (unpaired) electrons. The number of nitrogens with one attached hydrogen (secondary N) is 2. The molecule has 1 heterocycles. The molecule has 0 aliphatic heterocycles. The summed E-state index contributed by atoms with van der Waals surface area (Å²) >= 11 is 0. The molecule has 0 bridgehead atoms. The predicted molar refractivity (Wildman–Crippen MR) is 76.1 cm³/mol. The Hall–Kier alpha value is -3.09. The first-order valence-electron chi connectivity index (χ1n) is 6.01. The van der Waals surface area contributed by atoms with Gasteiger partial charge < -0.3 is 14.5 Å². The van der Waals surface area contributed by atoms with Crippen LogP contribution < -0.4 is 15.5 Å². The quantitative estimate of drug-likeness (QED) is 0.504. The van der Waals surface area contributed by atoms with Crippen LogP contribution in [0.2, 0.25) is 0 Å². The minimum Gasteiger partial charge on any atom is -0.497 e. The van der Waals surface area contributed by atoms with E-state index in [4.69, 9.17) is 9.15 Å². The largest absolute Gasteiger partial charge is 0.497 e. The molecule has 108 valence electrons. The zero-order valence-corrected chi connectivity index (χ0v) is 11.2. The van der Waals surface area contributed by atoms with Gasteiger partial charge in [-0.05, 0) is 36.4 Å². The molecule has 0 saturated carbocycles. The number of furan rings is 1. The summed E-state index contributed by atoms with van der Waals surface area (Å²) in [7, 11) is 1.54. The van der Waals surface area contributed by atoms with Crippen molar-refractivity contribution in [3.05, 3.63) is 48.4 Å². The van der Waals surface area contributed by atoms with Gasteiger partial charge in [0.25, 0.3) is 0 Å². The zero-order valence-electron chi connectivity index (χ0n) is 11.2. The fraction of sp³-hybridized carbons (Fsp3) is 0.0714. The Morgan fingerprint density at radius 3 is 2.57 bits per heavy atom. The third-order valence-corrected chi connectivity index (χ3v) is 2.46. The maximum Gasteiger partial charge on any atom is 0.329 e. The molecule has 0 atom stereocenters. The van der Waals surface area contributed by atoms with E-state index >= 15 is 0 Å². The van der Waals surface area contributed by atoms with Crippen LogP contribution in [0.1, 0.15) is 5.76 Å². The molecule has 21 heavy (non-hydrogen) atoms. The molecule has 0 unspecified atom stereocenters. The topological polar surface area (TPSA) is 92.9 Å². The van der Waals surface area contributed by atoms with E-state index in [1.54, 1.807) is 36.4 Å². The summed E-state index contributed by atoms with van der Waals surface area (Å²) in [6.45, 7) is 0. The van der Waals surface area contributed by atoms with Crippen LogP contribution in [0.25, 0.3) is 0 Å². The Bertz CT molecular complexity index is 633. The highest BCUT2D eigenvalue weighted by molar-refractivity contribution is 6.39. The summed E-state index contributed by atoms with van der Waals surface area (Å²) in [6, 6.07) is 9.92. The highest BCUT2D eigenvalue weighted by atomic mass is 16.5. The van der Waals surface area contributed by atoms with Crippen molar-refractivity contribution in [3.8, 4) is 5.75 Å². The van der Waals surface area contributed by atoms with Crippen molar-refractivity contribution in [2.75, 3.05) is 12.4 Å². The van der Waals surface area contributed by atoms with E-state index in [9.17, 15) is 9.59 Å². The lowest BCUT2D eigenvalue weighted by molar-refractivity contribution is -0.136. The van der Waals surface area contributed by atoms with E-state index in [1.165, 1.54) is 19.6 Å². The Balaban J connectivity index is 1.85. The van der Waals surface area contributed by atoms with Gasteiger partial charge in [0.05, 0.1) is 19.6 Å². The summed E-state index contributed by atoms with van der Waals surface area (Å²) in [5, 5.41) is 6.04. The monoisotopic (exact) mass is 287 g/mol. The second-order valence-electron chi connectivity index (χ2n) is 3.90. The molecule has 1 aromatic carbocycles. The standard InChI is InChI=1S/C14H13N3O4/c1-20-11-6-4-10(5-7-11)16-13(18)14(19)17-15-9-12-3-2-8-21-12/h2-9H,1H3,(H,16,18)(H,17,19)/b15-9-. The maximum absolute atomic E-state index is 11.6. The summed E-state index contributed by atoms with van der Waals surface area (Å²) in [5.41, 5.74) is 2.58. The van der Waals surface area contributed by atoms with Crippen LogP contribution in [0.5, 0.6) is 5.75 Å². The number of hydrogen-bond donors (Lipinski definition) is 2. The van der Waals surface area contributed by atoms with Crippen molar-refractivity contribution >= 4 is 23.7 Å². The molecule has 0 saturated heterocycles. The molecule has 2 rings (SSSR count). The van der Waals surface area contributed by atoms with E-state index in [-0.39, 0.29) is 0 Å². The van der Waals surface area contributed by atoms with Gasteiger partial charge in [-0.1, -0.05) is 0 Å². The van der Waals surface area contributed by atoms with Crippen LogP contribution in [0.4, 0.5) is 5.69 Å². The number of rotatable bonds is 4. The second-order valence-corrected chi connectivity index (χ2v) is 3.90. The van der Waals surface area contributed by atoms with E-state index in [0.717, 1.165) is 0 Å². The number of amides is 2. The number of methoxy groups -OCH3 is 1. The van der Waals surface area contributed by atoms with E-state index in [0.29, 0.717) is 17.2 Å². The molecule has 7 heteroatoms. The van der Waals surface area contributed by atoms with Gasteiger partial charge >= 0.3 is 11.8 Å². The zero-order chi connectivity index (χ0) is 15.1. The fourth-order valence-electron chi connectivity index (χ4n) is 1.43. The van der Waals surface area contributed by atoms with Crippen molar-refractivity contribution in [1.29, 1.82) is 0 Å². The van der Waals surface area contributed by atoms with Gasteiger partial charge in [0.2, 0.25) is 0 Å². The normalized spacial score (nSPS) is 10.3. The van der Waals surface area contributed by atoms with Gasteiger partial charge in [-0.25, -0.2) is 5.43 Å². The first kappa shape index (κ1) is 14.3. The van der Waals surface area contributed by atoms with Gasteiger partial charge in [0.1, 0.15) is 11.5 Å². The molecular formula is C14H13N3O4. The number of ether oxygens (including phenoxy) is 1. The first-order valence-corrected chi connectivity index (χ1v) is 6.01. The SMILES string of the molecule is COc1ccc(NC(=O)C(=O)N/N=C\c2ccco2)cc1. The van der Waals surface area contributed by atoms with Crippen molar-refractivity contribution < 1.29 is 18.7 Å². The van der Waals surface area contributed by atoms with Crippen LogP contribution in [-0.2, 0) is 9.59 Å². The lowest BCUT2D eigenvalue weighted by Gasteiger charge is -2.04. The molecule has 2 N–H and O–H groups in total. The van der Waals surface area contributed by atoms with Crippen molar-refractivity contribution in [2.45, 2.75) is 0 Å². The van der Waals surface area contributed by atoms with Gasteiger partial charge in [-0.2, -0.15) is 5.10 Å². The average Bonchev–Trinajstić information content (AvgIpc) is 3.01. The minimum absolute atomic E-state index is 0.464. The summed E-state index contributed by atoms with van der Waals surface area (Å²) in [4.78, 5) is 23.1. The highest BCUT2D eigenvalue weighted by Crippen LogP contribution is 2.14. The number of anilines is 1. The molecule has 7 nitrogen and oxygen atoms in total. The first-order chi connectivity index (χ1) is 10.2. The van der Waals surface area contributed by atoms with Crippen molar-refractivity contribution in [1.82, 2.24) is 5.43 Å². The highest BCUT2D eigenvalue weighted by Gasteiger charge is 2.12. The van der Waals surface area contributed by atoms with Crippen LogP contribution in [0.3, 0.4) is 0 Å². The maximum atomic E-state index is 11.6. The Morgan fingerprint density at radius 1 is 1.19 bits per heavy atom. The number of nitrogens with zero attached hydrogens (tertiary/aromatic N) is 1. The van der Waals surface area contributed by atoms with Gasteiger partial charge in [-0.3, -0.25) is 9.59 Å². The number of carbonyl (C=O) groups excluding carboxylic acids is 2. The molecule has 1 aromatic heterocycles.